The Morgan fingerprint density at radius 3 is 2.61 bits per heavy atom. The topological polar surface area (TPSA) is 101 Å². The van der Waals surface area contributed by atoms with Crippen LogP contribution in [0.5, 0.6) is 0 Å². The number of sulfonamides is 1. The Morgan fingerprint density at radius 2 is 2.11 bits per heavy atom. The van der Waals surface area contributed by atoms with Gasteiger partial charge >= 0.3 is 5.97 Å². The highest BCUT2D eigenvalue weighted by Gasteiger charge is 2.15. The van der Waals surface area contributed by atoms with Crippen LogP contribution >= 0.6 is 0 Å². The average molecular weight is 272 g/mol. The molecule has 18 heavy (non-hydrogen) atoms. The first-order valence-corrected chi connectivity index (χ1v) is 7.08. The van der Waals surface area contributed by atoms with Gasteiger partial charge < -0.3 is 10.8 Å². The van der Waals surface area contributed by atoms with Crippen LogP contribution in [0.3, 0.4) is 0 Å². The van der Waals surface area contributed by atoms with Crippen LogP contribution in [-0.4, -0.2) is 32.8 Å². The summed E-state index contributed by atoms with van der Waals surface area (Å²) in [5.74, 6) is -0.996. The van der Waals surface area contributed by atoms with Crippen molar-refractivity contribution in [2.75, 3.05) is 17.6 Å². The van der Waals surface area contributed by atoms with E-state index in [0.717, 1.165) is 10.6 Å². The van der Waals surface area contributed by atoms with Crippen molar-refractivity contribution in [1.82, 2.24) is 0 Å². The Morgan fingerprint density at radius 1 is 1.50 bits per heavy atom. The molecule has 3 N–H and O–H groups in total. The van der Waals surface area contributed by atoms with Crippen molar-refractivity contribution < 1.29 is 18.3 Å². The second-order valence-electron chi connectivity index (χ2n) is 4.03. The number of benzene rings is 1. The number of hydrogen-bond acceptors (Lipinski definition) is 4. The Labute approximate surface area is 106 Å². The van der Waals surface area contributed by atoms with Crippen LogP contribution in [0.1, 0.15) is 18.0 Å². The first kappa shape index (κ1) is 14.5. The lowest BCUT2D eigenvalue weighted by atomic mass is 10.0. The maximum absolute atomic E-state index is 11.4. The van der Waals surface area contributed by atoms with Crippen molar-refractivity contribution >= 4 is 21.7 Å². The first-order chi connectivity index (χ1) is 8.21. The van der Waals surface area contributed by atoms with Gasteiger partial charge in [0.2, 0.25) is 10.0 Å². The van der Waals surface area contributed by atoms with Gasteiger partial charge in [-0.25, -0.2) is 8.42 Å². The quantitative estimate of drug-likeness (QED) is 0.815. The van der Waals surface area contributed by atoms with Gasteiger partial charge in [0.1, 0.15) is 0 Å². The molecule has 6 nitrogen and oxygen atoms in total. The zero-order chi connectivity index (χ0) is 13.9. The number of nitrogens with two attached hydrogens (primary N) is 1. The minimum absolute atomic E-state index is 0.202. The molecule has 0 bridgehead atoms. The molecule has 0 saturated carbocycles. The van der Waals surface area contributed by atoms with E-state index in [-0.39, 0.29) is 6.42 Å². The molecule has 100 valence electrons. The van der Waals surface area contributed by atoms with Crippen LogP contribution in [0.4, 0.5) is 5.69 Å². The molecule has 0 aromatic heterocycles. The van der Waals surface area contributed by atoms with E-state index in [9.17, 15) is 13.2 Å². The summed E-state index contributed by atoms with van der Waals surface area (Å²) in [4.78, 5) is 10.6. The molecule has 0 aliphatic rings. The molecule has 1 rings (SSSR count). The predicted octanol–water partition coefficient (Wildman–Crippen LogP) is 0.557. The fraction of sp³-hybridized carbons (Fsp3) is 0.364. The van der Waals surface area contributed by atoms with Crippen molar-refractivity contribution in [2.24, 2.45) is 5.73 Å². The molecule has 0 amide bonds. The third kappa shape index (κ3) is 3.71. The zero-order valence-corrected chi connectivity index (χ0v) is 11.0. The van der Waals surface area contributed by atoms with Crippen molar-refractivity contribution in [3.63, 3.8) is 0 Å². The molecule has 0 aliphatic heterocycles. The summed E-state index contributed by atoms with van der Waals surface area (Å²) >= 11 is 0. The molecule has 1 aromatic carbocycles. The summed E-state index contributed by atoms with van der Waals surface area (Å²) in [6.07, 6.45) is 0.892. The van der Waals surface area contributed by atoms with Crippen LogP contribution in [0.2, 0.25) is 0 Å². The number of rotatable bonds is 5. The number of carbonyl (C=O) groups is 1. The molecular formula is C11H16N2O4S. The SMILES string of the molecule is CN(c1cccc(C(N)CC(=O)O)c1)S(C)(=O)=O. The minimum Gasteiger partial charge on any atom is -0.481 e. The maximum Gasteiger partial charge on any atom is 0.305 e. The highest BCUT2D eigenvalue weighted by molar-refractivity contribution is 7.92. The highest BCUT2D eigenvalue weighted by atomic mass is 32.2. The summed E-state index contributed by atoms with van der Waals surface area (Å²) in [5.41, 5.74) is 6.77. The lowest BCUT2D eigenvalue weighted by Gasteiger charge is -2.18. The van der Waals surface area contributed by atoms with E-state index in [2.05, 4.69) is 0 Å². The average Bonchev–Trinajstić information content (AvgIpc) is 2.26. The van der Waals surface area contributed by atoms with Crippen molar-refractivity contribution in [1.29, 1.82) is 0 Å². The Balaban J connectivity index is 3.03. The third-order valence-electron chi connectivity index (χ3n) is 2.55. The van der Waals surface area contributed by atoms with Gasteiger partial charge in [0.05, 0.1) is 18.4 Å². The Bertz CT molecular complexity index is 542. The Hall–Kier alpha value is -1.60. The van der Waals surface area contributed by atoms with Gasteiger partial charge in [-0.3, -0.25) is 9.10 Å². The number of carboxylic acid groups (broad SMARTS) is 1. The summed E-state index contributed by atoms with van der Waals surface area (Å²) in [5, 5.41) is 8.67. The molecule has 0 radical (unpaired) electrons. The molecule has 1 unspecified atom stereocenters. The van der Waals surface area contributed by atoms with E-state index >= 15 is 0 Å². The van der Waals surface area contributed by atoms with Crippen LogP contribution in [-0.2, 0) is 14.8 Å². The summed E-state index contributed by atoms with van der Waals surface area (Å²) < 4.78 is 23.9. The maximum atomic E-state index is 11.4. The molecule has 7 heteroatoms. The lowest BCUT2D eigenvalue weighted by Crippen LogP contribution is -2.25. The molecule has 0 heterocycles. The van der Waals surface area contributed by atoms with E-state index < -0.39 is 22.0 Å². The molecule has 0 aliphatic carbocycles. The largest absolute Gasteiger partial charge is 0.481 e. The Kier molecular flexibility index (Phi) is 4.31. The number of aliphatic carboxylic acids is 1. The van der Waals surface area contributed by atoms with Gasteiger partial charge in [-0.1, -0.05) is 12.1 Å². The number of carboxylic acids is 1. The number of anilines is 1. The molecule has 0 fully saturated rings. The van der Waals surface area contributed by atoms with Gasteiger partial charge in [-0.05, 0) is 17.7 Å². The minimum atomic E-state index is -3.35. The molecule has 0 spiro atoms. The second-order valence-corrected chi connectivity index (χ2v) is 6.04. The predicted molar refractivity (Wildman–Crippen MR) is 68.9 cm³/mol. The van der Waals surface area contributed by atoms with Gasteiger partial charge in [0.25, 0.3) is 0 Å². The normalized spacial score (nSPS) is 13.1. The van der Waals surface area contributed by atoms with E-state index in [0.29, 0.717) is 11.3 Å². The third-order valence-corrected chi connectivity index (χ3v) is 3.76. The van der Waals surface area contributed by atoms with E-state index in [4.69, 9.17) is 10.8 Å². The molecule has 1 aromatic rings. The monoisotopic (exact) mass is 272 g/mol. The van der Waals surface area contributed by atoms with E-state index in [1.165, 1.54) is 7.05 Å². The smallest absolute Gasteiger partial charge is 0.305 e. The standard InChI is InChI=1S/C11H16N2O4S/c1-13(18(2,16)17)9-5-3-4-8(6-9)10(12)7-11(14)15/h3-6,10H,7,12H2,1-2H3,(H,14,15). The number of nitrogens with zero attached hydrogens (tertiary/aromatic N) is 1. The second kappa shape index (κ2) is 5.36. The summed E-state index contributed by atoms with van der Waals surface area (Å²) in [7, 11) is -1.92. The molecule has 1 atom stereocenters. The summed E-state index contributed by atoms with van der Waals surface area (Å²) in [6, 6.07) is 5.86. The van der Waals surface area contributed by atoms with Gasteiger partial charge in [-0.15, -0.1) is 0 Å². The van der Waals surface area contributed by atoms with Crippen molar-refractivity contribution in [3.8, 4) is 0 Å². The first-order valence-electron chi connectivity index (χ1n) is 5.23. The zero-order valence-electron chi connectivity index (χ0n) is 10.2. The fourth-order valence-electron chi connectivity index (χ4n) is 1.45. The van der Waals surface area contributed by atoms with Crippen LogP contribution in [0.15, 0.2) is 24.3 Å². The van der Waals surface area contributed by atoms with Crippen molar-refractivity contribution in [3.05, 3.63) is 29.8 Å². The highest BCUT2D eigenvalue weighted by Crippen LogP contribution is 2.22. The molecule has 0 saturated heterocycles. The lowest BCUT2D eigenvalue weighted by molar-refractivity contribution is -0.137. The van der Waals surface area contributed by atoms with Crippen LogP contribution in [0.25, 0.3) is 0 Å². The van der Waals surface area contributed by atoms with Gasteiger partial charge in [0, 0.05) is 13.1 Å². The molecular weight excluding hydrogens is 256 g/mol. The van der Waals surface area contributed by atoms with E-state index in [1.807, 2.05) is 0 Å². The van der Waals surface area contributed by atoms with E-state index in [1.54, 1.807) is 24.3 Å². The summed E-state index contributed by atoms with van der Waals surface area (Å²) in [6.45, 7) is 0. The van der Waals surface area contributed by atoms with Gasteiger partial charge in [0.15, 0.2) is 0 Å². The fourth-order valence-corrected chi connectivity index (χ4v) is 1.95. The van der Waals surface area contributed by atoms with Gasteiger partial charge in [-0.2, -0.15) is 0 Å². The number of hydrogen-bond donors (Lipinski definition) is 2. The van der Waals surface area contributed by atoms with Crippen LogP contribution < -0.4 is 10.0 Å². The van der Waals surface area contributed by atoms with Crippen molar-refractivity contribution in [2.45, 2.75) is 12.5 Å². The van der Waals surface area contributed by atoms with Crippen LogP contribution in [0, 0.1) is 0 Å².